The molecular weight excluding hydrogens is 210 g/mol. The molecule has 0 bridgehead atoms. The van der Waals surface area contributed by atoms with Crippen LogP contribution in [-0.2, 0) is 5.33 Å². The van der Waals surface area contributed by atoms with Crippen molar-refractivity contribution in [2.75, 3.05) is 7.05 Å². The number of carbonyl (C=O) groups is 1. The number of hydrogen-bond donors (Lipinski definition) is 1. The Bertz CT molecular complexity index is 257. The van der Waals surface area contributed by atoms with Gasteiger partial charge in [0.25, 0.3) is 5.91 Å². The third-order valence-electron chi connectivity index (χ3n) is 1.24. The van der Waals surface area contributed by atoms with E-state index in [0.717, 1.165) is 5.76 Å². The van der Waals surface area contributed by atoms with Gasteiger partial charge in [-0.25, -0.2) is 0 Å². The van der Waals surface area contributed by atoms with Gasteiger partial charge in [0.2, 0.25) is 0 Å². The molecule has 0 atom stereocenters. The first-order valence-corrected chi connectivity index (χ1v) is 4.27. The predicted molar refractivity (Wildman–Crippen MR) is 44.7 cm³/mol. The molecule has 0 saturated carbocycles. The third kappa shape index (κ3) is 1.83. The summed E-state index contributed by atoms with van der Waals surface area (Å²) in [4.78, 5) is 10.9. The predicted octanol–water partition coefficient (Wildman–Crippen LogP) is 1.53. The summed E-state index contributed by atoms with van der Waals surface area (Å²) in [7, 11) is 1.57. The Labute approximate surface area is 72.9 Å². The van der Waals surface area contributed by atoms with Crippen molar-refractivity contribution in [3.05, 3.63) is 23.7 Å². The van der Waals surface area contributed by atoms with E-state index in [9.17, 15) is 4.79 Å². The van der Waals surface area contributed by atoms with Crippen molar-refractivity contribution >= 4 is 21.8 Å². The Morgan fingerprint density at radius 1 is 1.73 bits per heavy atom. The zero-order valence-electron chi connectivity index (χ0n) is 6.06. The maximum Gasteiger partial charge on any atom is 0.286 e. The van der Waals surface area contributed by atoms with Gasteiger partial charge in [0.15, 0.2) is 5.76 Å². The van der Waals surface area contributed by atoms with E-state index in [4.69, 9.17) is 4.42 Å². The Balaban J connectivity index is 2.80. The average Bonchev–Trinajstić information content (AvgIpc) is 2.50. The molecule has 0 aliphatic heterocycles. The molecule has 0 aliphatic carbocycles. The topological polar surface area (TPSA) is 42.2 Å². The molecular formula is C7H8BrNO2. The number of hydrogen-bond acceptors (Lipinski definition) is 2. The first kappa shape index (κ1) is 8.33. The van der Waals surface area contributed by atoms with Gasteiger partial charge in [-0.3, -0.25) is 4.79 Å². The third-order valence-corrected chi connectivity index (χ3v) is 1.80. The van der Waals surface area contributed by atoms with Crippen LogP contribution in [0.5, 0.6) is 0 Å². The number of amides is 1. The minimum absolute atomic E-state index is 0.197. The second kappa shape index (κ2) is 3.57. The highest BCUT2D eigenvalue weighted by Gasteiger charge is 2.07. The fraction of sp³-hybridized carbons (Fsp3) is 0.286. The van der Waals surface area contributed by atoms with Crippen molar-refractivity contribution < 1.29 is 9.21 Å². The van der Waals surface area contributed by atoms with Crippen LogP contribution in [0.3, 0.4) is 0 Å². The number of halogens is 1. The second-order valence-electron chi connectivity index (χ2n) is 1.98. The van der Waals surface area contributed by atoms with E-state index >= 15 is 0 Å². The van der Waals surface area contributed by atoms with E-state index in [2.05, 4.69) is 21.2 Å². The monoisotopic (exact) mass is 217 g/mol. The molecule has 1 aromatic heterocycles. The molecule has 4 heteroatoms. The van der Waals surface area contributed by atoms with Crippen LogP contribution in [-0.4, -0.2) is 13.0 Å². The fourth-order valence-corrected chi connectivity index (χ4v) is 0.996. The van der Waals surface area contributed by atoms with E-state index in [-0.39, 0.29) is 5.91 Å². The van der Waals surface area contributed by atoms with E-state index in [1.165, 1.54) is 0 Å². The smallest absolute Gasteiger partial charge is 0.286 e. The van der Waals surface area contributed by atoms with Crippen LogP contribution in [0.4, 0.5) is 0 Å². The number of nitrogens with one attached hydrogen (secondary N) is 1. The molecule has 3 nitrogen and oxygen atoms in total. The molecule has 1 amide bonds. The number of furan rings is 1. The Morgan fingerprint density at radius 3 is 2.91 bits per heavy atom. The van der Waals surface area contributed by atoms with Gasteiger partial charge in [-0.1, -0.05) is 15.9 Å². The lowest BCUT2D eigenvalue weighted by Gasteiger charge is -1.92. The molecule has 0 radical (unpaired) electrons. The van der Waals surface area contributed by atoms with Crippen molar-refractivity contribution in [2.45, 2.75) is 5.33 Å². The van der Waals surface area contributed by atoms with Gasteiger partial charge in [-0.15, -0.1) is 0 Å². The molecule has 60 valence electrons. The van der Waals surface area contributed by atoms with Crippen molar-refractivity contribution in [1.29, 1.82) is 0 Å². The molecule has 1 N–H and O–H groups in total. The zero-order valence-corrected chi connectivity index (χ0v) is 7.64. The van der Waals surface area contributed by atoms with Gasteiger partial charge in [0.1, 0.15) is 5.76 Å². The van der Waals surface area contributed by atoms with Crippen LogP contribution in [0.25, 0.3) is 0 Å². The van der Waals surface area contributed by atoms with Gasteiger partial charge >= 0.3 is 0 Å². The zero-order chi connectivity index (χ0) is 8.27. The van der Waals surface area contributed by atoms with E-state index in [0.29, 0.717) is 11.1 Å². The number of rotatable bonds is 2. The summed E-state index contributed by atoms with van der Waals surface area (Å²) in [6, 6.07) is 3.41. The first-order chi connectivity index (χ1) is 5.27. The normalized spacial score (nSPS) is 9.64. The summed E-state index contributed by atoms with van der Waals surface area (Å²) in [5.74, 6) is 0.905. The lowest BCUT2D eigenvalue weighted by molar-refractivity contribution is 0.0934. The second-order valence-corrected chi connectivity index (χ2v) is 2.54. The standard InChI is InChI=1S/C7H8BrNO2/c1-9-7(10)6-3-2-5(4-8)11-6/h2-3H,4H2,1H3,(H,9,10). The molecule has 0 unspecified atom stereocenters. The summed E-state index contributed by atoms with van der Waals surface area (Å²) in [6.45, 7) is 0. The van der Waals surface area contributed by atoms with Crippen LogP contribution in [0.2, 0.25) is 0 Å². The molecule has 1 rings (SSSR count). The summed E-state index contributed by atoms with van der Waals surface area (Å²) in [5.41, 5.74) is 0. The molecule has 1 heterocycles. The Morgan fingerprint density at radius 2 is 2.45 bits per heavy atom. The minimum Gasteiger partial charge on any atom is -0.455 e. The maximum absolute atomic E-state index is 10.9. The van der Waals surface area contributed by atoms with Gasteiger partial charge in [-0.05, 0) is 12.1 Å². The Hall–Kier alpha value is -0.770. The number of carbonyl (C=O) groups excluding carboxylic acids is 1. The van der Waals surface area contributed by atoms with Gasteiger partial charge < -0.3 is 9.73 Å². The van der Waals surface area contributed by atoms with E-state index < -0.39 is 0 Å². The molecule has 0 saturated heterocycles. The molecule has 0 aromatic carbocycles. The quantitative estimate of drug-likeness (QED) is 0.765. The minimum atomic E-state index is -0.197. The SMILES string of the molecule is CNC(=O)c1ccc(CBr)o1. The van der Waals surface area contributed by atoms with Gasteiger partial charge in [0, 0.05) is 7.05 Å². The van der Waals surface area contributed by atoms with Crippen molar-refractivity contribution in [2.24, 2.45) is 0 Å². The fourth-order valence-electron chi connectivity index (χ4n) is 0.695. The van der Waals surface area contributed by atoms with E-state index in [1.54, 1.807) is 19.2 Å². The van der Waals surface area contributed by atoms with Crippen molar-refractivity contribution in [3.8, 4) is 0 Å². The molecule has 1 aromatic rings. The average molecular weight is 218 g/mol. The molecule has 11 heavy (non-hydrogen) atoms. The molecule has 0 aliphatic rings. The lowest BCUT2D eigenvalue weighted by atomic mass is 10.4. The highest BCUT2D eigenvalue weighted by atomic mass is 79.9. The van der Waals surface area contributed by atoms with Crippen LogP contribution in [0.1, 0.15) is 16.3 Å². The summed E-state index contributed by atoms with van der Waals surface area (Å²) in [5, 5.41) is 3.10. The van der Waals surface area contributed by atoms with Crippen molar-refractivity contribution in [3.63, 3.8) is 0 Å². The van der Waals surface area contributed by atoms with Crippen LogP contribution < -0.4 is 5.32 Å². The maximum atomic E-state index is 10.9. The highest BCUT2D eigenvalue weighted by molar-refractivity contribution is 9.08. The highest BCUT2D eigenvalue weighted by Crippen LogP contribution is 2.10. The summed E-state index contributed by atoms with van der Waals surface area (Å²) in [6.07, 6.45) is 0. The summed E-state index contributed by atoms with van der Waals surface area (Å²) >= 11 is 3.22. The largest absolute Gasteiger partial charge is 0.455 e. The number of alkyl halides is 1. The first-order valence-electron chi connectivity index (χ1n) is 3.14. The van der Waals surface area contributed by atoms with Crippen LogP contribution in [0.15, 0.2) is 16.5 Å². The molecule has 0 spiro atoms. The summed E-state index contributed by atoms with van der Waals surface area (Å²) < 4.78 is 5.13. The van der Waals surface area contributed by atoms with Gasteiger partial charge in [-0.2, -0.15) is 0 Å². The molecule has 0 fully saturated rings. The van der Waals surface area contributed by atoms with Crippen molar-refractivity contribution in [1.82, 2.24) is 5.32 Å². The van der Waals surface area contributed by atoms with E-state index in [1.807, 2.05) is 0 Å². The Kier molecular flexibility index (Phi) is 2.70. The van der Waals surface area contributed by atoms with Crippen LogP contribution >= 0.6 is 15.9 Å². The lowest BCUT2D eigenvalue weighted by Crippen LogP contribution is -2.16. The van der Waals surface area contributed by atoms with Crippen LogP contribution in [0, 0.1) is 0 Å². The van der Waals surface area contributed by atoms with Gasteiger partial charge in [0.05, 0.1) is 5.33 Å².